The quantitative estimate of drug-likeness (QED) is 0.883. The van der Waals surface area contributed by atoms with Crippen molar-refractivity contribution in [2.75, 3.05) is 33.8 Å². The van der Waals surface area contributed by atoms with Gasteiger partial charge >= 0.3 is 0 Å². The third-order valence-corrected chi connectivity index (χ3v) is 4.06. The lowest BCUT2D eigenvalue weighted by molar-refractivity contribution is 0.375. The van der Waals surface area contributed by atoms with Crippen molar-refractivity contribution in [1.29, 1.82) is 0 Å². The summed E-state index contributed by atoms with van der Waals surface area (Å²) in [6.45, 7) is 7.84. The minimum Gasteiger partial charge on any atom is -0.496 e. The van der Waals surface area contributed by atoms with Crippen molar-refractivity contribution in [2.45, 2.75) is 26.3 Å². The van der Waals surface area contributed by atoms with E-state index in [4.69, 9.17) is 4.74 Å². The molecule has 1 aliphatic heterocycles. The number of benzene rings is 1. The summed E-state index contributed by atoms with van der Waals surface area (Å²) in [6, 6.07) is 6.77. The molecule has 1 aromatic rings. The maximum absolute atomic E-state index is 5.49. The van der Waals surface area contributed by atoms with Crippen LogP contribution in [0.3, 0.4) is 0 Å². The predicted octanol–water partition coefficient (Wildman–Crippen LogP) is 2.61. The Morgan fingerprint density at radius 2 is 2.26 bits per heavy atom. The Morgan fingerprint density at radius 1 is 1.47 bits per heavy atom. The van der Waals surface area contributed by atoms with Crippen molar-refractivity contribution in [3.8, 4) is 5.75 Å². The summed E-state index contributed by atoms with van der Waals surface area (Å²) in [7, 11) is 3.95. The number of rotatable bonds is 5. The van der Waals surface area contributed by atoms with E-state index in [0.717, 1.165) is 18.2 Å². The van der Waals surface area contributed by atoms with E-state index in [1.807, 2.05) is 0 Å². The molecule has 1 heterocycles. The monoisotopic (exact) mass is 262 g/mol. The van der Waals surface area contributed by atoms with Crippen LogP contribution in [0.2, 0.25) is 0 Å². The van der Waals surface area contributed by atoms with Crippen LogP contribution in [-0.2, 0) is 0 Å². The number of nitrogens with one attached hydrogen (secondary N) is 1. The first-order valence-electron chi connectivity index (χ1n) is 7.16. The number of hydrogen-bond donors (Lipinski definition) is 1. The summed E-state index contributed by atoms with van der Waals surface area (Å²) in [5.74, 6) is 1.77. The van der Waals surface area contributed by atoms with E-state index in [2.05, 4.69) is 49.3 Å². The Balaban J connectivity index is 1.94. The Kier molecular flexibility index (Phi) is 4.83. The van der Waals surface area contributed by atoms with Crippen LogP contribution in [0.25, 0.3) is 0 Å². The van der Waals surface area contributed by atoms with Crippen LogP contribution in [0.5, 0.6) is 5.75 Å². The fraction of sp³-hybridized carbons (Fsp3) is 0.625. The molecule has 2 atom stereocenters. The van der Waals surface area contributed by atoms with E-state index in [1.54, 1.807) is 7.11 Å². The van der Waals surface area contributed by atoms with Crippen LogP contribution in [0.15, 0.2) is 18.2 Å². The standard InChI is InChI=1S/C16H26N2O/c1-12-5-6-15(16(9-12)19-4)13(2)17-10-14-7-8-18(3)11-14/h5-6,9,13-14,17H,7-8,10-11H2,1-4H3. The summed E-state index contributed by atoms with van der Waals surface area (Å²) in [5.41, 5.74) is 2.49. The van der Waals surface area contributed by atoms with E-state index in [9.17, 15) is 0 Å². The van der Waals surface area contributed by atoms with Gasteiger partial charge in [0.15, 0.2) is 0 Å². The molecule has 1 aliphatic rings. The lowest BCUT2D eigenvalue weighted by Crippen LogP contribution is -2.27. The van der Waals surface area contributed by atoms with Crippen molar-refractivity contribution >= 4 is 0 Å². The lowest BCUT2D eigenvalue weighted by atomic mass is 10.0. The number of ether oxygens (including phenoxy) is 1. The second-order valence-electron chi connectivity index (χ2n) is 5.79. The van der Waals surface area contributed by atoms with Gasteiger partial charge in [0.05, 0.1) is 7.11 Å². The molecule has 2 unspecified atom stereocenters. The van der Waals surface area contributed by atoms with Crippen LogP contribution >= 0.6 is 0 Å². The fourth-order valence-electron chi connectivity index (χ4n) is 2.82. The number of methoxy groups -OCH3 is 1. The minimum atomic E-state index is 0.335. The van der Waals surface area contributed by atoms with Crippen molar-refractivity contribution < 1.29 is 4.74 Å². The van der Waals surface area contributed by atoms with Gasteiger partial charge in [-0.3, -0.25) is 0 Å². The second-order valence-corrected chi connectivity index (χ2v) is 5.79. The normalized spacial score (nSPS) is 21.6. The van der Waals surface area contributed by atoms with E-state index in [-0.39, 0.29) is 0 Å². The molecule has 1 saturated heterocycles. The van der Waals surface area contributed by atoms with Crippen molar-refractivity contribution in [2.24, 2.45) is 5.92 Å². The molecule has 1 N–H and O–H groups in total. The SMILES string of the molecule is COc1cc(C)ccc1C(C)NCC1CCN(C)C1. The summed E-state index contributed by atoms with van der Waals surface area (Å²) in [4.78, 5) is 2.41. The van der Waals surface area contributed by atoms with Gasteiger partial charge in [-0.05, 0) is 58.0 Å². The van der Waals surface area contributed by atoms with Crippen molar-refractivity contribution in [3.63, 3.8) is 0 Å². The molecule has 0 amide bonds. The van der Waals surface area contributed by atoms with Crippen molar-refractivity contribution in [1.82, 2.24) is 10.2 Å². The van der Waals surface area contributed by atoms with E-state index in [1.165, 1.54) is 30.6 Å². The third kappa shape index (κ3) is 3.71. The Labute approximate surface area is 116 Å². The molecule has 3 nitrogen and oxygen atoms in total. The highest BCUT2D eigenvalue weighted by molar-refractivity contribution is 5.39. The molecule has 0 saturated carbocycles. The molecule has 0 spiro atoms. The number of aryl methyl sites for hydroxylation is 1. The van der Waals surface area contributed by atoms with Crippen molar-refractivity contribution in [3.05, 3.63) is 29.3 Å². The summed E-state index contributed by atoms with van der Waals surface area (Å²) in [6.07, 6.45) is 1.31. The zero-order valence-electron chi connectivity index (χ0n) is 12.6. The summed E-state index contributed by atoms with van der Waals surface area (Å²) in [5, 5.41) is 3.65. The van der Waals surface area contributed by atoms with Crippen LogP contribution in [-0.4, -0.2) is 38.7 Å². The second kappa shape index (κ2) is 6.40. The molecule has 0 bridgehead atoms. The molecule has 0 aromatic heterocycles. The van der Waals surface area contributed by atoms with Gasteiger partial charge < -0.3 is 15.0 Å². The predicted molar refractivity (Wildman–Crippen MR) is 79.8 cm³/mol. The van der Waals surface area contributed by atoms with Crippen LogP contribution in [0.1, 0.15) is 30.5 Å². The fourth-order valence-corrected chi connectivity index (χ4v) is 2.82. The topological polar surface area (TPSA) is 24.5 Å². The van der Waals surface area contributed by atoms with E-state index < -0.39 is 0 Å². The minimum absolute atomic E-state index is 0.335. The Bertz CT molecular complexity index is 419. The van der Waals surface area contributed by atoms with Gasteiger partial charge in [0.2, 0.25) is 0 Å². The first-order valence-corrected chi connectivity index (χ1v) is 7.16. The summed E-state index contributed by atoms with van der Waals surface area (Å²) < 4.78 is 5.49. The maximum atomic E-state index is 5.49. The molecular weight excluding hydrogens is 236 g/mol. The van der Waals surface area contributed by atoms with E-state index >= 15 is 0 Å². The van der Waals surface area contributed by atoms with Crippen LogP contribution in [0, 0.1) is 12.8 Å². The molecule has 0 radical (unpaired) electrons. The zero-order valence-corrected chi connectivity index (χ0v) is 12.6. The highest BCUT2D eigenvalue weighted by Crippen LogP contribution is 2.26. The molecular formula is C16H26N2O. The smallest absolute Gasteiger partial charge is 0.123 e. The van der Waals surface area contributed by atoms with Gasteiger partial charge in [0.1, 0.15) is 5.75 Å². The number of hydrogen-bond acceptors (Lipinski definition) is 3. The molecule has 2 rings (SSSR count). The van der Waals surface area contributed by atoms with E-state index in [0.29, 0.717) is 6.04 Å². The number of likely N-dealkylation sites (tertiary alicyclic amines) is 1. The van der Waals surface area contributed by atoms with Crippen LogP contribution in [0.4, 0.5) is 0 Å². The van der Waals surface area contributed by atoms with Crippen LogP contribution < -0.4 is 10.1 Å². The largest absolute Gasteiger partial charge is 0.496 e. The molecule has 19 heavy (non-hydrogen) atoms. The number of nitrogens with zero attached hydrogens (tertiary/aromatic N) is 1. The van der Waals surface area contributed by atoms with Gasteiger partial charge in [-0.15, -0.1) is 0 Å². The molecule has 106 valence electrons. The molecule has 1 fully saturated rings. The molecule has 3 heteroatoms. The highest BCUT2D eigenvalue weighted by atomic mass is 16.5. The molecule has 1 aromatic carbocycles. The average molecular weight is 262 g/mol. The van der Waals surface area contributed by atoms with Gasteiger partial charge in [-0.25, -0.2) is 0 Å². The van der Waals surface area contributed by atoms with Gasteiger partial charge in [-0.1, -0.05) is 12.1 Å². The first kappa shape index (κ1) is 14.4. The Morgan fingerprint density at radius 3 is 2.89 bits per heavy atom. The van der Waals surface area contributed by atoms with Gasteiger partial charge in [0.25, 0.3) is 0 Å². The maximum Gasteiger partial charge on any atom is 0.123 e. The average Bonchev–Trinajstić information content (AvgIpc) is 2.81. The van der Waals surface area contributed by atoms with Gasteiger partial charge in [-0.2, -0.15) is 0 Å². The Hall–Kier alpha value is -1.06. The highest BCUT2D eigenvalue weighted by Gasteiger charge is 2.20. The summed E-state index contributed by atoms with van der Waals surface area (Å²) >= 11 is 0. The zero-order chi connectivity index (χ0) is 13.8. The third-order valence-electron chi connectivity index (χ3n) is 4.06. The lowest BCUT2D eigenvalue weighted by Gasteiger charge is -2.20. The molecule has 0 aliphatic carbocycles. The first-order chi connectivity index (χ1) is 9.10. The van der Waals surface area contributed by atoms with Gasteiger partial charge in [0, 0.05) is 18.2 Å².